The molecule has 3 nitrogen and oxygen atoms in total. The second-order valence-electron chi connectivity index (χ2n) is 3.10. The predicted molar refractivity (Wildman–Crippen MR) is 55.9 cm³/mol. The van der Waals surface area contributed by atoms with Crippen molar-refractivity contribution in [2.45, 2.75) is 20.3 Å². The predicted octanol–water partition coefficient (Wildman–Crippen LogP) is 1.49. The Bertz CT molecular complexity index is 281. The average Bonchev–Trinajstić information content (AvgIpc) is 2.21. The van der Waals surface area contributed by atoms with E-state index < -0.39 is 0 Å². The van der Waals surface area contributed by atoms with Crippen LogP contribution in [-0.2, 0) is 11.2 Å². The first-order chi connectivity index (χ1) is 6.77. The summed E-state index contributed by atoms with van der Waals surface area (Å²) in [5, 5.41) is 0. The number of carbonyl (C=O) groups excluding carboxylic acids is 1. The van der Waals surface area contributed by atoms with Crippen molar-refractivity contribution in [2.24, 2.45) is 0 Å². The SMILES string of the molecule is CCN(CC)C(=O)Cc1ccncc1. The van der Waals surface area contributed by atoms with Gasteiger partial charge < -0.3 is 4.90 Å². The summed E-state index contributed by atoms with van der Waals surface area (Å²) in [7, 11) is 0. The number of aromatic nitrogens is 1. The van der Waals surface area contributed by atoms with Crippen molar-refractivity contribution in [3.05, 3.63) is 30.1 Å². The number of hydrogen-bond donors (Lipinski definition) is 0. The number of hydrogen-bond acceptors (Lipinski definition) is 2. The number of carbonyl (C=O) groups is 1. The van der Waals surface area contributed by atoms with Crippen LogP contribution in [0.4, 0.5) is 0 Å². The Kier molecular flexibility index (Phi) is 4.11. The Morgan fingerprint density at radius 2 is 1.86 bits per heavy atom. The van der Waals surface area contributed by atoms with E-state index in [0.29, 0.717) is 6.42 Å². The van der Waals surface area contributed by atoms with Gasteiger partial charge in [0.25, 0.3) is 0 Å². The molecule has 0 aliphatic rings. The Labute approximate surface area is 84.8 Å². The Balaban J connectivity index is 2.57. The molecular formula is C11H16N2O. The molecule has 0 saturated heterocycles. The van der Waals surface area contributed by atoms with Crippen LogP contribution in [0.5, 0.6) is 0 Å². The maximum Gasteiger partial charge on any atom is 0.226 e. The van der Waals surface area contributed by atoms with Crippen LogP contribution in [0, 0.1) is 0 Å². The molecular weight excluding hydrogens is 176 g/mol. The highest BCUT2D eigenvalue weighted by Crippen LogP contribution is 2.01. The quantitative estimate of drug-likeness (QED) is 0.724. The van der Waals surface area contributed by atoms with Crippen molar-refractivity contribution in [3.63, 3.8) is 0 Å². The second-order valence-corrected chi connectivity index (χ2v) is 3.10. The van der Waals surface area contributed by atoms with Crippen molar-refractivity contribution in [2.75, 3.05) is 13.1 Å². The third-order valence-corrected chi connectivity index (χ3v) is 2.22. The molecule has 0 atom stereocenters. The summed E-state index contributed by atoms with van der Waals surface area (Å²) in [6.45, 7) is 5.54. The van der Waals surface area contributed by atoms with E-state index in [4.69, 9.17) is 0 Å². The van der Waals surface area contributed by atoms with Gasteiger partial charge in [0.1, 0.15) is 0 Å². The molecule has 0 radical (unpaired) electrons. The Morgan fingerprint density at radius 3 is 2.36 bits per heavy atom. The first-order valence-electron chi connectivity index (χ1n) is 4.94. The first kappa shape index (κ1) is 10.7. The van der Waals surface area contributed by atoms with Crippen LogP contribution in [0.25, 0.3) is 0 Å². The zero-order valence-electron chi connectivity index (χ0n) is 8.73. The second kappa shape index (κ2) is 5.37. The molecule has 0 aromatic carbocycles. The van der Waals surface area contributed by atoms with E-state index in [1.807, 2.05) is 30.9 Å². The van der Waals surface area contributed by atoms with Crippen LogP contribution in [0.3, 0.4) is 0 Å². The van der Waals surface area contributed by atoms with Gasteiger partial charge in [-0.05, 0) is 31.5 Å². The summed E-state index contributed by atoms with van der Waals surface area (Å²) in [6.07, 6.45) is 3.90. The average molecular weight is 192 g/mol. The van der Waals surface area contributed by atoms with E-state index in [9.17, 15) is 4.79 Å². The minimum atomic E-state index is 0.182. The third kappa shape index (κ3) is 2.83. The molecule has 1 amide bonds. The Morgan fingerprint density at radius 1 is 1.29 bits per heavy atom. The lowest BCUT2D eigenvalue weighted by Gasteiger charge is -2.18. The minimum Gasteiger partial charge on any atom is -0.343 e. The fourth-order valence-corrected chi connectivity index (χ4v) is 1.36. The maximum atomic E-state index is 11.7. The molecule has 0 aliphatic heterocycles. The first-order valence-corrected chi connectivity index (χ1v) is 4.94. The van der Waals surface area contributed by atoms with Crippen molar-refractivity contribution < 1.29 is 4.79 Å². The van der Waals surface area contributed by atoms with Gasteiger partial charge in [-0.25, -0.2) is 0 Å². The van der Waals surface area contributed by atoms with E-state index in [1.54, 1.807) is 12.4 Å². The molecule has 1 rings (SSSR count). The smallest absolute Gasteiger partial charge is 0.226 e. The number of amides is 1. The normalized spacial score (nSPS) is 9.86. The van der Waals surface area contributed by atoms with Crippen molar-refractivity contribution in [3.8, 4) is 0 Å². The zero-order chi connectivity index (χ0) is 10.4. The largest absolute Gasteiger partial charge is 0.343 e. The van der Waals surface area contributed by atoms with Crippen LogP contribution in [0.1, 0.15) is 19.4 Å². The Hall–Kier alpha value is -1.38. The fourth-order valence-electron chi connectivity index (χ4n) is 1.36. The van der Waals surface area contributed by atoms with Gasteiger partial charge in [0.2, 0.25) is 5.91 Å². The van der Waals surface area contributed by atoms with Gasteiger partial charge in [0.05, 0.1) is 6.42 Å². The summed E-state index contributed by atoms with van der Waals surface area (Å²) in [5.74, 6) is 0.182. The van der Waals surface area contributed by atoms with Crippen LogP contribution in [0.2, 0.25) is 0 Å². The van der Waals surface area contributed by atoms with Gasteiger partial charge in [0.15, 0.2) is 0 Å². The van der Waals surface area contributed by atoms with Gasteiger partial charge in [-0.2, -0.15) is 0 Å². The van der Waals surface area contributed by atoms with E-state index >= 15 is 0 Å². The van der Waals surface area contributed by atoms with Crippen LogP contribution in [-0.4, -0.2) is 28.9 Å². The van der Waals surface area contributed by atoms with Crippen LogP contribution >= 0.6 is 0 Å². The molecule has 76 valence electrons. The molecule has 1 aromatic rings. The molecule has 0 aliphatic carbocycles. The van der Waals surface area contributed by atoms with E-state index in [2.05, 4.69) is 4.98 Å². The monoisotopic (exact) mass is 192 g/mol. The molecule has 1 aromatic heterocycles. The van der Waals surface area contributed by atoms with E-state index in [-0.39, 0.29) is 5.91 Å². The van der Waals surface area contributed by atoms with Gasteiger partial charge in [-0.15, -0.1) is 0 Å². The summed E-state index contributed by atoms with van der Waals surface area (Å²) >= 11 is 0. The number of nitrogens with zero attached hydrogens (tertiary/aromatic N) is 2. The molecule has 0 N–H and O–H groups in total. The van der Waals surface area contributed by atoms with Crippen LogP contribution < -0.4 is 0 Å². The fraction of sp³-hybridized carbons (Fsp3) is 0.455. The van der Waals surface area contributed by atoms with E-state index in [1.165, 1.54) is 0 Å². The van der Waals surface area contributed by atoms with Crippen molar-refractivity contribution in [1.82, 2.24) is 9.88 Å². The molecule has 0 bridgehead atoms. The number of pyridine rings is 1. The standard InChI is InChI=1S/C11H16N2O/c1-3-13(4-2)11(14)9-10-5-7-12-8-6-10/h5-8H,3-4,9H2,1-2H3. The van der Waals surface area contributed by atoms with Crippen LogP contribution in [0.15, 0.2) is 24.5 Å². The molecule has 0 unspecified atom stereocenters. The summed E-state index contributed by atoms with van der Waals surface area (Å²) < 4.78 is 0. The molecule has 0 saturated carbocycles. The molecule has 0 spiro atoms. The highest BCUT2D eigenvalue weighted by atomic mass is 16.2. The minimum absolute atomic E-state index is 0.182. The zero-order valence-corrected chi connectivity index (χ0v) is 8.73. The molecule has 0 fully saturated rings. The van der Waals surface area contributed by atoms with Gasteiger partial charge >= 0.3 is 0 Å². The third-order valence-electron chi connectivity index (χ3n) is 2.22. The van der Waals surface area contributed by atoms with Gasteiger partial charge in [-0.1, -0.05) is 0 Å². The lowest BCUT2D eigenvalue weighted by molar-refractivity contribution is -0.130. The summed E-state index contributed by atoms with van der Waals surface area (Å²) in [5.41, 5.74) is 1.02. The van der Waals surface area contributed by atoms with Gasteiger partial charge in [0, 0.05) is 25.5 Å². The van der Waals surface area contributed by atoms with E-state index in [0.717, 1.165) is 18.7 Å². The lowest BCUT2D eigenvalue weighted by atomic mass is 10.2. The number of likely N-dealkylation sites (N-methyl/N-ethyl adjacent to an activating group) is 1. The summed E-state index contributed by atoms with van der Waals surface area (Å²) in [4.78, 5) is 17.4. The lowest BCUT2D eigenvalue weighted by Crippen LogP contribution is -2.31. The molecule has 1 heterocycles. The van der Waals surface area contributed by atoms with Crippen molar-refractivity contribution >= 4 is 5.91 Å². The highest BCUT2D eigenvalue weighted by molar-refractivity contribution is 5.78. The molecule has 14 heavy (non-hydrogen) atoms. The van der Waals surface area contributed by atoms with Crippen molar-refractivity contribution in [1.29, 1.82) is 0 Å². The highest BCUT2D eigenvalue weighted by Gasteiger charge is 2.09. The maximum absolute atomic E-state index is 11.7. The number of rotatable bonds is 4. The molecule has 3 heteroatoms. The summed E-state index contributed by atoms with van der Waals surface area (Å²) in [6, 6.07) is 3.75. The van der Waals surface area contributed by atoms with Gasteiger partial charge in [-0.3, -0.25) is 9.78 Å². The topological polar surface area (TPSA) is 33.2 Å².